The van der Waals surface area contributed by atoms with E-state index in [9.17, 15) is 4.79 Å². The van der Waals surface area contributed by atoms with Gasteiger partial charge in [0.05, 0.1) is 6.04 Å². The van der Waals surface area contributed by atoms with E-state index in [1.807, 2.05) is 39.0 Å². The van der Waals surface area contributed by atoms with Gasteiger partial charge in [-0.05, 0) is 53.7 Å². The zero-order valence-electron chi connectivity index (χ0n) is 18.0. The molecule has 0 fully saturated rings. The summed E-state index contributed by atoms with van der Waals surface area (Å²) in [6, 6.07) is 0.0139. The zero-order chi connectivity index (χ0) is 22.0. The van der Waals surface area contributed by atoms with Gasteiger partial charge in [0.2, 0.25) is 0 Å². The maximum absolute atomic E-state index is 10.3. The highest BCUT2D eigenvalue weighted by atomic mass is 35.5. The number of allylic oxidation sites excluding steroid dienone is 6. The summed E-state index contributed by atoms with van der Waals surface area (Å²) in [5.74, 6) is 0.183. The number of rotatable bonds is 6. The van der Waals surface area contributed by atoms with Crippen LogP contribution in [0.5, 0.6) is 0 Å². The Bertz CT molecular complexity index is 393. The van der Waals surface area contributed by atoms with Crippen LogP contribution in [0.25, 0.3) is 0 Å². The Morgan fingerprint density at radius 1 is 1.19 bits per heavy atom. The lowest BCUT2D eigenvalue weighted by Crippen LogP contribution is -2.28. The summed E-state index contributed by atoms with van der Waals surface area (Å²) in [4.78, 5) is 10.3. The van der Waals surface area contributed by atoms with Crippen LogP contribution in [0.15, 0.2) is 61.7 Å². The van der Waals surface area contributed by atoms with Crippen LogP contribution in [0.2, 0.25) is 0 Å². The Morgan fingerprint density at radius 2 is 1.58 bits per heavy atom. The van der Waals surface area contributed by atoms with Crippen molar-refractivity contribution in [3.8, 4) is 0 Å². The van der Waals surface area contributed by atoms with Crippen LogP contribution in [-0.4, -0.2) is 24.6 Å². The number of ketones is 1. The number of hydrogen-bond acceptors (Lipinski definition) is 3. The van der Waals surface area contributed by atoms with Crippen molar-refractivity contribution in [2.24, 2.45) is 0 Å². The molecule has 0 aromatic carbocycles. The molecule has 3 nitrogen and oxygen atoms in total. The number of Topliss-reactive ketones (excluding diaryl/α,β-unsaturated/α-hetero) is 1. The highest BCUT2D eigenvalue weighted by Crippen LogP contribution is 2.01. The summed E-state index contributed by atoms with van der Waals surface area (Å²) in [5.41, 5.74) is 0.755. The maximum atomic E-state index is 10.3. The minimum atomic E-state index is 0.0139. The molecule has 26 heavy (non-hydrogen) atoms. The molecule has 0 saturated heterocycles. The van der Waals surface area contributed by atoms with Crippen LogP contribution in [0, 0.1) is 5.41 Å². The lowest BCUT2D eigenvalue weighted by atomic mass is 10.2. The van der Waals surface area contributed by atoms with Gasteiger partial charge in [-0.25, -0.2) is 0 Å². The van der Waals surface area contributed by atoms with Gasteiger partial charge < -0.3 is 10.7 Å². The molecule has 152 valence electrons. The largest absolute Gasteiger partial charge is 0.311 e. The van der Waals surface area contributed by atoms with Gasteiger partial charge >= 0.3 is 0 Å². The molecule has 0 rings (SSSR count). The molecule has 0 amide bonds. The summed E-state index contributed by atoms with van der Waals surface area (Å²) in [7, 11) is 1.77. The lowest BCUT2D eigenvalue weighted by Gasteiger charge is -2.01. The first kappa shape index (κ1) is 35.4. The van der Waals surface area contributed by atoms with E-state index < -0.39 is 0 Å². The maximum Gasteiger partial charge on any atom is 0.146 e. The van der Waals surface area contributed by atoms with Crippen LogP contribution in [0.1, 0.15) is 54.4 Å². The quantitative estimate of drug-likeness (QED) is 0.298. The Kier molecular flexibility index (Phi) is 47.1. The first-order valence-corrected chi connectivity index (χ1v) is 8.99. The zero-order valence-corrected chi connectivity index (χ0v) is 18.7. The van der Waals surface area contributed by atoms with E-state index in [0.29, 0.717) is 0 Å². The van der Waals surface area contributed by atoms with Crippen molar-refractivity contribution >= 4 is 23.1 Å². The molecule has 0 aliphatic rings. The van der Waals surface area contributed by atoms with Crippen molar-refractivity contribution < 1.29 is 4.79 Å². The number of carbonyl (C=O) groups excluding carboxylic acids is 1. The van der Waals surface area contributed by atoms with Gasteiger partial charge in [-0.1, -0.05) is 62.9 Å². The molecule has 0 aromatic rings. The monoisotopic (exact) mass is 384 g/mol. The smallest absolute Gasteiger partial charge is 0.146 e. The van der Waals surface area contributed by atoms with Gasteiger partial charge in [0.15, 0.2) is 0 Å². The normalized spacial score (nSPS) is 10.1. The summed E-state index contributed by atoms with van der Waals surface area (Å²) >= 11 is 5.62. The van der Waals surface area contributed by atoms with Crippen molar-refractivity contribution in [1.29, 1.82) is 5.41 Å². The van der Waals surface area contributed by atoms with Crippen LogP contribution < -0.4 is 5.32 Å². The number of nitrogens with one attached hydrogen (secondary N) is 2. The molecular weight excluding hydrogens is 344 g/mol. The number of hydrogen-bond donors (Lipinski definition) is 2. The molecule has 4 heteroatoms. The highest BCUT2D eigenvalue weighted by Gasteiger charge is 2.00. The van der Waals surface area contributed by atoms with Gasteiger partial charge in [-0.3, -0.25) is 4.79 Å². The molecule has 0 aliphatic heterocycles. The van der Waals surface area contributed by atoms with Gasteiger partial charge in [-0.15, -0.1) is 13.2 Å². The predicted octanol–water partition coefficient (Wildman–Crippen LogP) is 6.88. The minimum absolute atomic E-state index is 0.0139. The Balaban J connectivity index is -0.0000000751. The number of halogens is 1. The molecule has 0 spiro atoms. The minimum Gasteiger partial charge on any atom is -0.311 e. The first-order chi connectivity index (χ1) is 12.2. The Morgan fingerprint density at radius 3 is 1.69 bits per heavy atom. The molecular formula is C22H41ClN2O. The average molecular weight is 385 g/mol. The molecule has 0 aromatic heterocycles. The molecule has 0 saturated carbocycles. The fourth-order valence-electron chi connectivity index (χ4n) is 0.530. The first-order valence-electron chi connectivity index (χ1n) is 8.61. The van der Waals surface area contributed by atoms with E-state index in [-0.39, 0.29) is 11.8 Å². The Hall–Kier alpha value is -1.71. The average Bonchev–Trinajstić information content (AvgIpc) is 2.67. The summed E-state index contributed by atoms with van der Waals surface area (Å²) in [6.45, 7) is 23.9. The molecule has 1 atom stereocenters. The van der Waals surface area contributed by atoms with Gasteiger partial charge in [-0.2, -0.15) is 0 Å². The van der Waals surface area contributed by atoms with Crippen LogP contribution >= 0.6 is 11.6 Å². The molecule has 0 radical (unpaired) electrons. The molecule has 0 aliphatic carbocycles. The van der Waals surface area contributed by atoms with Gasteiger partial charge in [0.1, 0.15) is 5.78 Å². The lowest BCUT2D eigenvalue weighted by molar-refractivity contribution is -0.118. The van der Waals surface area contributed by atoms with Crippen molar-refractivity contribution in [3.05, 3.63) is 61.7 Å². The van der Waals surface area contributed by atoms with E-state index in [2.05, 4.69) is 38.6 Å². The third kappa shape index (κ3) is 57.2. The van der Waals surface area contributed by atoms with Crippen LogP contribution in [-0.2, 0) is 4.79 Å². The highest BCUT2D eigenvalue weighted by molar-refractivity contribution is 6.31. The summed E-state index contributed by atoms with van der Waals surface area (Å²) < 4.78 is 0. The van der Waals surface area contributed by atoms with Gasteiger partial charge in [0.25, 0.3) is 0 Å². The standard InChI is InChI=1S/C7H11Cl.C5H11NO.C4H9N.C4H6.C2H4/c1-3-5-6-7(8)4-2;1-4(6-3)5(2)7;1-3-4(2)5;1-3-4-2;1-2/h4-6H,3H2,1-2H3;4,6H,1-3H3;5H,3H2,1-2H3;3-4H,1-2H2;1-2H2/b6-5-,7-4+;;;;/t;4-;;;/m.0.../s1. The second-order valence-electron chi connectivity index (χ2n) is 4.71. The molecule has 0 unspecified atom stereocenters. The van der Waals surface area contributed by atoms with E-state index in [4.69, 9.17) is 17.0 Å². The molecule has 0 bridgehead atoms. The van der Waals surface area contributed by atoms with Crippen LogP contribution in [0.3, 0.4) is 0 Å². The van der Waals surface area contributed by atoms with E-state index >= 15 is 0 Å². The van der Waals surface area contributed by atoms with Crippen LogP contribution in [0.4, 0.5) is 0 Å². The van der Waals surface area contributed by atoms with E-state index in [0.717, 1.165) is 23.6 Å². The van der Waals surface area contributed by atoms with Gasteiger partial charge in [0, 0.05) is 10.7 Å². The summed E-state index contributed by atoms with van der Waals surface area (Å²) in [5, 5.41) is 10.4. The molecule has 0 heterocycles. The van der Waals surface area contributed by atoms with Crippen molar-refractivity contribution in [1.82, 2.24) is 5.32 Å². The predicted molar refractivity (Wildman–Crippen MR) is 124 cm³/mol. The van der Waals surface area contributed by atoms with Crippen molar-refractivity contribution in [2.45, 2.75) is 60.4 Å². The Labute approximate surface area is 168 Å². The molecule has 2 N–H and O–H groups in total. The fourth-order valence-corrected chi connectivity index (χ4v) is 0.619. The number of carbonyl (C=O) groups is 1. The number of likely N-dealkylation sites (N-methyl/N-ethyl adjacent to an activating group) is 1. The van der Waals surface area contributed by atoms with E-state index in [1.165, 1.54) is 0 Å². The van der Waals surface area contributed by atoms with Crippen molar-refractivity contribution in [2.75, 3.05) is 7.05 Å². The summed E-state index contributed by atoms with van der Waals surface area (Å²) in [6.07, 6.45) is 11.0. The SMILES string of the molecule is C/C=C(Cl)\C=C/CC.C=C.C=CC=C.CCC(C)=N.CN[C@@H](C)C(C)=O. The van der Waals surface area contributed by atoms with E-state index in [1.54, 1.807) is 33.0 Å². The second kappa shape index (κ2) is 34.6. The van der Waals surface area contributed by atoms with Crippen molar-refractivity contribution in [3.63, 3.8) is 0 Å². The third-order valence-electron chi connectivity index (χ3n) is 2.53. The second-order valence-corrected chi connectivity index (χ2v) is 5.15. The third-order valence-corrected chi connectivity index (χ3v) is 2.87. The topological polar surface area (TPSA) is 53.0 Å². The fraction of sp³-hybridized carbons (Fsp3) is 0.455.